The van der Waals surface area contributed by atoms with E-state index in [1.54, 1.807) is 0 Å². The number of carbonyl (C=O) groups is 1. The van der Waals surface area contributed by atoms with E-state index in [-0.39, 0.29) is 12.1 Å². The maximum Gasteiger partial charge on any atom is 0.335 e. The Labute approximate surface area is 125 Å². The molecule has 0 aromatic carbocycles. The van der Waals surface area contributed by atoms with Crippen LogP contribution in [0.5, 0.6) is 0 Å². The smallest absolute Gasteiger partial charge is 0.335 e. The van der Waals surface area contributed by atoms with Crippen molar-refractivity contribution in [3.63, 3.8) is 0 Å². The standard InChI is InChI=1S/C16H25N3O2/c20-16(17-9-14-2-1-3-21-14)19-18-15-12-5-10-4-11(7-12)8-13(15)6-10/h10-14H,1-9H2,(H2,17,19,20). The Balaban J connectivity index is 1.30. The van der Waals surface area contributed by atoms with Gasteiger partial charge in [-0.25, -0.2) is 10.2 Å². The Hall–Kier alpha value is -1.10. The zero-order valence-corrected chi connectivity index (χ0v) is 12.5. The first-order valence-electron chi connectivity index (χ1n) is 8.51. The molecule has 5 nitrogen and oxygen atoms in total. The fourth-order valence-corrected chi connectivity index (χ4v) is 5.02. The van der Waals surface area contributed by atoms with Gasteiger partial charge in [0, 0.05) is 18.9 Å². The van der Waals surface area contributed by atoms with Gasteiger partial charge in [-0.2, -0.15) is 5.10 Å². The fourth-order valence-electron chi connectivity index (χ4n) is 5.02. The minimum Gasteiger partial charge on any atom is -0.376 e. The number of hydrogen-bond donors (Lipinski definition) is 2. The molecular formula is C16H25N3O2. The molecule has 1 aliphatic heterocycles. The van der Waals surface area contributed by atoms with E-state index >= 15 is 0 Å². The van der Waals surface area contributed by atoms with E-state index in [1.807, 2.05) is 0 Å². The highest BCUT2D eigenvalue weighted by molar-refractivity contribution is 5.91. The van der Waals surface area contributed by atoms with Crippen LogP contribution in [0.15, 0.2) is 5.10 Å². The molecular weight excluding hydrogens is 266 g/mol. The normalized spacial score (nSPS) is 40.4. The summed E-state index contributed by atoms with van der Waals surface area (Å²) < 4.78 is 5.50. The van der Waals surface area contributed by atoms with Gasteiger partial charge in [0.15, 0.2) is 0 Å². The minimum absolute atomic E-state index is 0.185. The molecule has 116 valence electrons. The highest BCUT2D eigenvalue weighted by Crippen LogP contribution is 2.52. The average Bonchev–Trinajstić information content (AvgIpc) is 2.97. The SMILES string of the molecule is O=C(NCC1CCCO1)NN=C1C2CC3CC(C2)CC1C3. The van der Waals surface area contributed by atoms with Crippen LogP contribution in [0.1, 0.15) is 44.9 Å². The largest absolute Gasteiger partial charge is 0.376 e. The van der Waals surface area contributed by atoms with Gasteiger partial charge in [0.05, 0.1) is 6.10 Å². The maximum absolute atomic E-state index is 11.9. The number of amides is 2. The van der Waals surface area contributed by atoms with E-state index in [9.17, 15) is 4.79 Å². The Morgan fingerprint density at radius 1 is 1.14 bits per heavy atom. The summed E-state index contributed by atoms with van der Waals surface area (Å²) in [5, 5.41) is 7.35. The monoisotopic (exact) mass is 291 g/mol. The zero-order chi connectivity index (χ0) is 14.2. The van der Waals surface area contributed by atoms with Gasteiger partial charge in [-0.3, -0.25) is 0 Å². The van der Waals surface area contributed by atoms with E-state index in [0.29, 0.717) is 18.4 Å². The molecule has 0 aromatic rings. The van der Waals surface area contributed by atoms with Crippen LogP contribution in [0.4, 0.5) is 4.79 Å². The van der Waals surface area contributed by atoms with Crippen LogP contribution in [-0.2, 0) is 4.74 Å². The molecule has 21 heavy (non-hydrogen) atoms. The molecule has 4 aliphatic carbocycles. The molecule has 0 radical (unpaired) electrons. The van der Waals surface area contributed by atoms with Gasteiger partial charge >= 0.3 is 6.03 Å². The van der Waals surface area contributed by atoms with Crippen molar-refractivity contribution in [3.8, 4) is 0 Å². The van der Waals surface area contributed by atoms with Crippen LogP contribution in [0.2, 0.25) is 0 Å². The van der Waals surface area contributed by atoms with Crippen molar-refractivity contribution in [2.45, 2.75) is 51.0 Å². The molecule has 1 saturated heterocycles. The van der Waals surface area contributed by atoms with Crippen LogP contribution in [-0.4, -0.2) is 31.0 Å². The van der Waals surface area contributed by atoms with Crippen LogP contribution >= 0.6 is 0 Å². The summed E-state index contributed by atoms with van der Waals surface area (Å²) in [6, 6.07) is -0.188. The van der Waals surface area contributed by atoms with Crippen molar-refractivity contribution >= 4 is 11.7 Å². The number of urea groups is 1. The topological polar surface area (TPSA) is 62.7 Å². The summed E-state index contributed by atoms with van der Waals surface area (Å²) in [6.07, 6.45) is 8.95. The van der Waals surface area contributed by atoms with Gasteiger partial charge in [-0.15, -0.1) is 0 Å². The van der Waals surface area contributed by atoms with Gasteiger partial charge in [0.2, 0.25) is 0 Å². The van der Waals surface area contributed by atoms with Gasteiger partial charge < -0.3 is 10.1 Å². The first-order valence-corrected chi connectivity index (χ1v) is 8.51. The van der Waals surface area contributed by atoms with Crippen molar-refractivity contribution in [1.29, 1.82) is 0 Å². The van der Waals surface area contributed by atoms with Crippen molar-refractivity contribution < 1.29 is 9.53 Å². The molecule has 0 spiro atoms. The summed E-state index contributed by atoms with van der Waals surface area (Å²) in [5.41, 5.74) is 3.99. The van der Waals surface area contributed by atoms with Crippen LogP contribution < -0.4 is 10.7 Å². The number of rotatable bonds is 3. The lowest BCUT2D eigenvalue weighted by Crippen LogP contribution is -2.47. The molecule has 5 heteroatoms. The highest BCUT2D eigenvalue weighted by Gasteiger charge is 2.46. The van der Waals surface area contributed by atoms with Crippen LogP contribution in [0.3, 0.4) is 0 Å². The Bertz CT molecular complexity index is 413. The second-order valence-corrected chi connectivity index (χ2v) is 7.30. The quantitative estimate of drug-likeness (QED) is 0.784. The van der Waals surface area contributed by atoms with E-state index in [2.05, 4.69) is 15.8 Å². The molecule has 0 aromatic heterocycles. The summed E-state index contributed by atoms with van der Waals surface area (Å²) in [5.74, 6) is 3.14. The number of nitrogens with one attached hydrogen (secondary N) is 2. The lowest BCUT2D eigenvalue weighted by Gasteiger charge is -2.50. The van der Waals surface area contributed by atoms with Crippen molar-refractivity contribution in [1.82, 2.24) is 10.7 Å². The molecule has 2 N–H and O–H groups in total. The molecule has 2 amide bonds. The van der Waals surface area contributed by atoms with Gasteiger partial charge in [-0.1, -0.05) is 0 Å². The number of hydrogen-bond acceptors (Lipinski definition) is 3. The lowest BCUT2D eigenvalue weighted by molar-refractivity contribution is 0.107. The molecule has 5 fully saturated rings. The van der Waals surface area contributed by atoms with Crippen molar-refractivity contribution in [2.75, 3.05) is 13.2 Å². The van der Waals surface area contributed by atoms with Crippen LogP contribution in [0.25, 0.3) is 0 Å². The highest BCUT2D eigenvalue weighted by atomic mass is 16.5. The molecule has 1 unspecified atom stereocenters. The van der Waals surface area contributed by atoms with E-state index < -0.39 is 0 Å². The number of ether oxygens (including phenoxy) is 1. The summed E-state index contributed by atoms with van der Waals surface area (Å²) in [4.78, 5) is 11.9. The molecule has 4 saturated carbocycles. The first kappa shape index (κ1) is 13.6. The second-order valence-electron chi connectivity index (χ2n) is 7.30. The molecule has 5 rings (SSSR count). The first-order chi connectivity index (χ1) is 10.3. The molecule has 1 atom stereocenters. The summed E-state index contributed by atoms with van der Waals surface area (Å²) in [7, 11) is 0. The third kappa shape index (κ3) is 2.80. The van der Waals surface area contributed by atoms with E-state index in [0.717, 1.165) is 31.3 Å². The van der Waals surface area contributed by atoms with Crippen molar-refractivity contribution in [3.05, 3.63) is 0 Å². The Kier molecular flexibility index (Phi) is 3.61. The average molecular weight is 291 g/mol. The third-order valence-corrected chi connectivity index (χ3v) is 5.78. The predicted molar refractivity (Wildman–Crippen MR) is 80.0 cm³/mol. The predicted octanol–water partition coefficient (Wildman–Crippen LogP) is 2.28. The molecule has 1 heterocycles. The summed E-state index contributed by atoms with van der Waals surface area (Å²) in [6.45, 7) is 1.41. The number of nitrogens with zero attached hydrogens (tertiary/aromatic N) is 1. The van der Waals surface area contributed by atoms with Gasteiger partial charge in [-0.05, 0) is 68.6 Å². The lowest BCUT2D eigenvalue weighted by atomic mass is 9.55. The number of carbonyl (C=O) groups excluding carboxylic acids is 1. The van der Waals surface area contributed by atoms with Crippen LogP contribution in [0, 0.1) is 23.7 Å². The zero-order valence-electron chi connectivity index (χ0n) is 12.5. The summed E-state index contributed by atoms with van der Waals surface area (Å²) >= 11 is 0. The Morgan fingerprint density at radius 2 is 1.86 bits per heavy atom. The molecule has 4 bridgehead atoms. The Morgan fingerprint density at radius 3 is 2.48 bits per heavy atom. The minimum atomic E-state index is -0.188. The fraction of sp³-hybridized carbons (Fsp3) is 0.875. The number of hydrazone groups is 1. The van der Waals surface area contributed by atoms with E-state index in [4.69, 9.17) is 4.74 Å². The third-order valence-electron chi connectivity index (χ3n) is 5.78. The van der Waals surface area contributed by atoms with Crippen molar-refractivity contribution in [2.24, 2.45) is 28.8 Å². The van der Waals surface area contributed by atoms with Gasteiger partial charge in [0.25, 0.3) is 0 Å². The maximum atomic E-state index is 11.9. The van der Waals surface area contributed by atoms with E-state index in [1.165, 1.54) is 37.8 Å². The van der Waals surface area contributed by atoms with Gasteiger partial charge in [0.1, 0.15) is 0 Å². The second kappa shape index (κ2) is 5.59. The molecule has 5 aliphatic rings.